The lowest BCUT2D eigenvalue weighted by Crippen LogP contribution is -2.00. The molecule has 1 nitrogen and oxygen atoms in total. The van der Waals surface area contributed by atoms with Crippen molar-refractivity contribution in [2.75, 3.05) is 0 Å². The lowest BCUT2D eigenvalue weighted by atomic mass is 9.99. The zero-order valence-corrected chi connectivity index (χ0v) is 9.26. The van der Waals surface area contributed by atoms with E-state index in [4.69, 9.17) is 0 Å². The van der Waals surface area contributed by atoms with E-state index in [1.807, 2.05) is 25.1 Å². The van der Waals surface area contributed by atoms with Gasteiger partial charge in [-0.3, -0.25) is 4.79 Å². The van der Waals surface area contributed by atoms with Crippen LogP contribution in [0.2, 0.25) is 0 Å². The fourth-order valence-electron chi connectivity index (χ4n) is 1.60. The number of hydrogen-bond donors (Lipinski definition) is 0. The van der Waals surface area contributed by atoms with Crippen LogP contribution in [0.25, 0.3) is 0 Å². The van der Waals surface area contributed by atoms with Crippen LogP contribution in [-0.4, -0.2) is 5.78 Å². The van der Waals surface area contributed by atoms with Crippen molar-refractivity contribution in [3.63, 3.8) is 0 Å². The minimum Gasteiger partial charge on any atom is -0.294 e. The van der Waals surface area contributed by atoms with Crippen molar-refractivity contribution in [2.24, 2.45) is 0 Å². The second-order valence-electron chi connectivity index (χ2n) is 3.67. The first-order chi connectivity index (χ1) is 6.69. The van der Waals surface area contributed by atoms with Gasteiger partial charge in [0.1, 0.15) is 0 Å². The highest BCUT2D eigenvalue weighted by atomic mass is 16.1. The molecule has 0 aliphatic heterocycles. The Kier molecular flexibility index (Phi) is 3.87. The first-order valence-electron chi connectivity index (χ1n) is 5.31. The molecular formula is C13H18O. The number of carbonyl (C=O) groups excluding carboxylic acids is 1. The Morgan fingerprint density at radius 3 is 2.57 bits per heavy atom. The summed E-state index contributed by atoms with van der Waals surface area (Å²) >= 11 is 0. The predicted octanol–water partition coefficient (Wildman–Crippen LogP) is 3.54. The van der Waals surface area contributed by atoms with Gasteiger partial charge in [-0.05, 0) is 37.0 Å². The third-order valence-corrected chi connectivity index (χ3v) is 2.53. The molecule has 0 radical (unpaired) electrons. The Labute approximate surface area is 86.1 Å². The van der Waals surface area contributed by atoms with Gasteiger partial charge < -0.3 is 0 Å². The molecule has 0 spiro atoms. The van der Waals surface area contributed by atoms with Gasteiger partial charge in [-0.25, -0.2) is 0 Å². The van der Waals surface area contributed by atoms with Gasteiger partial charge in [0.15, 0.2) is 5.78 Å². The highest BCUT2D eigenvalue weighted by molar-refractivity contribution is 5.96. The van der Waals surface area contributed by atoms with Crippen molar-refractivity contribution in [1.82, 2.24) is 0 Å². The molecule has 0 atom stereocenters. The van der Waals surface area contributed by atoms with Gasteiger partial charge in [-0.1, -0.05) is 26.0 Å². The fraction of sp³-hybridized carbons (Fsp3) is 0.462. The summed E-state index contributed by atoms with van der Waals surface area (Å²) in [6, 6.07) is 6.02. The number of aryl methyl sites for hydroxylation is 2. The summed E-state index contributed by atoms with van der Waals surface area (Å²) in [6.45, 7) is 6.25. The maximum absolute atomic E-state index is 11.6. The molecule has 0 aliphatic carbocycles. The zero-order valence-electron chi connectivity index (χ0n) is 9.26. The van der Waals surface area contributed by atoms with Crippen LogP contribution in [0.5, 0.6) is 0 Å². The topological polar surface area (TPSA) is 17.1 Å². The van der Waals surface area contributed by atoms with E-state index in [0.29, 0.717) is 6.42 Å². The summed E-state index contributed by atoms with van der Waals surface area (Å²) in [6.07, 6.45) is 2.58. The van der Waals surface area contributed by atoms with Crippen LogP contribution in [-0.2, 0) is 6.42 Å². The Morgan fingerprint density at radius 2 is 2.00 bits per heavy atom. The largest absolute Gasteiger partial charge is 0.294 e. The summed E-state index contributed by atoms with van der Waals surface area (Å²) in [5.41, 5.74) is 3.43. The van der Waals surface area contributed by atoms with E-state index in [1.165, 1.54) is 11.1 Å². The number of rotatable bonds is 4. The molecule has 0 N–H and O–H groups in total. The minimum atomic E-state index is 0.266. The van der Waals surface area contributed by atoms with Crippen LogP contribution in [0, 0.1) is 6.92 Å². The van der Waals surface area contributed by atoms with Crippen LogP contribution >= 0.6 is 0 Å². The van der Waals surface area contributed by atoms with E-state index in [-0.39, 0.29) is 5.78 Å². The Balaban J connectivity index is 2.94. The molecule has 1 aromatic rings. The maximum atomic E-state index is 11.6. The molecule has 76 valence electrons. The first-order valence-corrected chi connectivity index (χ1v) is 5.31. The number of benzene rings is 1. The third-order valence-electron chi connectivity index (χ3n) is 2.53. The highest BCUT2D eigenvalue weighted by Crippen LogP contribution is 2.13. The second kappa shape index (κ2) is 4.94. The molecule has 0 aromatic heterocycles. The van der Waals surface area contributed by atoms with E-state index in [2.05, 4.69) is 13.8 Å². The summed E-state index contributed by atoms with van der Waals surface area (Å²) in [4.78, 5) is 11.6. The molecule has 0 saturated heterocycles. The second-order valence-corrected chi connectivity index (χ2v) is 3.67. The fourth-order valence-corrected chi connectivity index (χ4v) is 1.60. The lowest BCUT2D eigenvalue weighted by Gasteiger charge is -2.05. The standard InChI is InChI=1S/C13H18O/c1-4-6-13(14)12-8-7-10(3)11(5-2)9-12/h7-9H,4-6H2,1-3H3. The summed E-state index contributed by atoms with van der Waals surface area (Å²) < 4.78 is 0. The number of carbonyl (C=O) groups is 1. The van der Waals surface area contributed by atoms with E-state index in [0.717, 1.165) is 18.4 Å². The molecule has 0 saturated carbocycles. The summed E-state index contributed by atoms with van der Waals surface area (Å²) in [5.74, 6) is 0.266. The van der Waals surface area contributed by atoms with Gasteiger partial charge in [-0.15, -0.1) is 0 Å². The molecule has 0 fully saturated rings. The average molecular weight is 190 g/mol. The Morgan fingerprint density at radius 1 is 1.29 bits per heavy atom. The molecule has 1 aromatic carbocycles. The van der Waals surface area contributed by atoms with Crippen LogP contribution in [0.1, 0.15) is 48.2 Å². The SMILES string of the molecule is CCCC(=O)c1ccc(C)c(CC)c1. The molecule has 0 bridgehead atoms. The molecule has 14 heavy (non-hydrogen) atoms. The maximum Gasteiger partial charge on any atom is 0.162 e. The molecule has 0 unspecified atom stereocenters. The first kappa shape index (κ1) is 11.0. The summed E-state index contributed by atoms with van der Waals surface area (Å²) in [7, 11) is 0. The average Bonchev–Trinajstić information content (AvgIpc) is 2.19. The highest BCUT2D eigenvalue weighted by Gasteiger charge is 2.05. The van der Waals surface area contributed by atoms with Crippen molar-refractivity contribution in [3.05, 3.63) is 34.9 Å². The van der Waals surface area contributed by atoms with E-state index in [1.54, 1.807) is 0 Å². The molecule has 1 rings (SSSR count). The zero-order chi connectivity index (χ0) is 10.6. The van der Waals surface area contributed by atoms with Gasteiger partial charge >= 0.3 is 0 Å². The van der Waals surface area contributed by atoms with Gasteiger partial charge in [0, 0.05) is 12.0 Å². The third kappa shape index (κ3) is 2.44. The van der Waals surface area contributed by atoms with Gasteiger partial charge in [0.05, 0.1) is 0 Å². The molecule has 0 aliphatic rings. The van der Waals surface area contributed by atoms with Crippen molar-refractivity contribution < 1.29 is 4.79 Å². The van der Waals surface area contributed by atoms with Crippen LogP contribution < -0.4 is 0 Å². The van der Waals surface area contributed by atoms with E-state index < -0.39 is 0 Å². The van der Waals surface area contributed by atoms with Gasteiger partial charge in [-0.2, -0.15) is 0 Å². The van der Waals surface area contributed by atoms with Crippen molar-refractivity contribution >= 4 is 5.78 Å². The molecule has 0 amide bonds. The molecule has 1 heteroatoms. The van der Waals surface area contributed by atoms with Crippen LogP contribution in [0.15, 0.2) is 18.2 Å². The van der Waals surface area contributed by atoms with E-state index in [9.17, 15) is 4.79 Å². The quantitative estimate of drug-likeness (QED) is 0.664. The predicted molar refractivity (Wildman–Crippen MR) is 59.8 cm³/mol. The number of ketones is 1. The van der Waals surface area contributed by atoms with Crippen molar-refractivity contribution in [2.45, 2.75) is 40.0 Å². The smallest absolute Gasteiger partial charge is 0.162 e. The Hall–Kier alpha value is -1.11. The van der Waals surface area contributed by atoms with Gasteiger partial charge in [0.25, 0.3) is 0 Å². The van der Waals surface area contributed by atoms with Gasteiger partial charge in [0.2, 0.25) is 0 Å². The molecular weight excluding hydrogens is 172 g/mol. The molecule has 0 heterocycles. The van der Waals surface area contributed by atoms with Crippen LogP contribution in [0.3, 0.4) is 0 Å². The lowest BCUT2D eigenvalue weighted by molar-refractivity contribution is 0.0981. The number of Topliss-reactive ketones (excluding diaryl/α,β-unsaturated/α-hetero) is 1. The monoisotopic (exact) mass is 190 g/mol. The van der Waals surface area contributed by atoms with Crippen LogP contribution in [0.4, 0.5) is 0 Å². The van der Waals surface area contributed by atoms with Crippen molar-refractivity contribution in [3.8, 4) is 0 Å². The number of hydrogen-bond acceptors (Lipinski definition) is 1. The Bertz CT molecular complexity index is 326. The normalized spacial score (nSPS) is 10.2. The summed E-state index contributed by atoms with van der Waals surface area (Å²) in [5, 5.41) is 0. The van der Waals surface area contributed by atoms with E-state index >= 15 is 0 Å². The van der Waals surface area contributed by atoms with Crippen molar-refractivity contribution in [1.29, 1.82) is 0 Å². The minimum absolute atomic E-state index is 0.266.